The minimum Gasteiger partial charge on any atom is -0.507 e. The zero-order chi connectivity index (χ0) is 18.9. The lowest BCUT2D eigenvalue weighted by Gasteiger charge is -2.30. The first-order chi connectivity index (χ1) is 12.0. The summed E-state index contributed by atoms with van der Waals surface area (Å²) in [5, 5.41) is 11.0. The van der Waals surface area contributed by atoms with Crippen LogP contribution in [-0.4, -0.2) is 10.6 Å². The monoisotopic (exact) mass is 356 g/mol. The van der Waals surface area contributed by atoms with Crippen molar-refractivity contribution in [1.82, 2.24) is 10.9 Å². The van der Waals surface area contributed by atoms with E-state index in [-0.39, 0.29) is 10.8 Å². The summed E-state index contributed by atoms with van der Waals surface area (Å²) in [5.74, 6) is 2.19. The molecule has 3 aliphatic rings. The molecular formula is C23H36N2O. The molecule has 0 amide bonds. The summed E-state index contributed by atoms with van der Waals surface area (Å²) in [6, 6.07) is 4.83. The molecule has 2 aliphatic carbocycles. The van der Waals surface area contributed by atoms with Crippen molar-refractivity contribution in [2.24, 2.45) is 11.8 Å². The van der Waals surface area contributed by atoms with Crippen molar-refractivity contribution >= 4 is 0 Å². The van der Waals surface area contributed by atoms with Crippen LogP contribution in [-0.2, 0) is 10.8 Å². The number of benzene rings is 1. The Bertz CT molecular complexity index is 655. The van der Waals surface area contributed by atoms with Gasteiger partial charge < -0.3 is 5.11 Å². The number of hydrogen-bond donors (Lipinski definition) is 3. The third kappa shape index (κ3) is 3.07. The summed E-state index contributed by atoms with van der Waals surface area (Å²) in [6.45, 7) is 13.2. The van der Waals surface area contributed by atoms with Crippen molar-refractivity contribution in [1.29, 1.82) is 0 Å². The summed E-state index contributed by atoms with van der Waals surface area (Å²) < 4.78 is 0. The fraction of sp³-hybridized carbons (Fsp3) is 0.739. The molecule has 0 spiro atoms. The smallest absolute Gasteiger partial charge is 0.123 e. The average molecular weight is 357 g/mol. The first-order valence-electron chi connectivity index (χ1n) is 10.4. The molecule has 26 heavy (non-hydrogen) atoms. The number of hydrazine groups is 1. The molecule has 3 fully saturated rings. The predicted molar refractivity (Wildman–Crippen MR) is 107 cm³/mol. The average Bonchev–Trinajstić information content (AvgIpc) is 3.43. The summed E-state index contributed by atoms with van der Waals surface area (Å²) >= 11 is 0. The maximum absolute atomic E-state index is 11.0. The van der Waals surface area contributed by atoms with Crippen LogP contribution in [0.15, 0.2) is 12.1 Å². The van der Waals surface area contributed by atoms with Gasteiger partial charge in [0.05, 0.1) is 0 Å². The lowest BCUT2D eigenvalue weighted by molar-refractivity contribution is 0.266. The van der Waals surface area contributed by atoms with Gasteiger partial charge >= 0.3 is 0 Å². The van der Waals surface area contributed by atoms with Crippen LogP contribution in [0.4, 0.5) is 0 Å². The Hall–Kier alpha value is -1.06. The normalized spacial score (nSPS) is 26.3. The highest BCUT2D eigenvalue weighted by Gasteiger charge is 2.57. The second kappa shape index (κ2) is 5.72. The maximum atomic E-state index is 11.0. The number of aromatic hydroxyl groups is 1. The van der Waals surface area contributed by atoms with Gasteiger partial charge in [0.15, 0.2) is 0 Å². The van der Waals surface area contributed by atoms with Gasteiger partial charge in [0, 0.05) is 11.6 Å². The molecule has 0 radical (unpaired) electrons. The molecule has 3 nitrogen and oxygen atoms in total. The van der Waals surface area contributed by atoms with Crippen molar-refractivity contribution < 1.29 is 5.11 Å². The summed E-state index contributed by atoms with van der Waals surface area (Å²) in [5.41, 5.74) is 11.0. The minimum absolute atomic E-state index is 0.0732. The molecule has 4 rings (SSSR count). The number of phenols is 1. The Balaban J connectivity index is 1.72. The molecule has 1 unspecified atom stereocenters. The highest BCUT2D eigenvalue weighted by Crippen LogP contribution is 2.57. The maximum Gasteiger partial charge on any atom is 0.123 e. The van der Waals surface area contributed by atoms with Gasteiger partial charge in [-0.3, -0.25) is 5.43 Å². The summed E-state index contributed by atoms with van der Waals surface area (Å²) in [6.07, 6.45) is 6.71. The number of hydrogen-bond acceptors (Lipinski definition) is 3. The van der Waals surface area contributed by atoms with Crippen LogP contribution in [0.3, 0.4) is 0 Å². The van der Waals surface area contributed by atoms with Crippen LogP contribution in [0.25, 0.3) is 0 Å². The van der Waals surface area contributed by atoms with Crippen LogP contribution in [0.2, 0.25) is 0 Å². The van der Waals surface area contributed by atoms with E-state index in [2.05, 4.69) is 64.5 Å². The Morgan fingerprint density at radius 2 is 1.35 bits per heavy atom. The third-order valence-corrected chi connectivity index (χ3v) is 6.78. The highest BCUT2D eigenvalue weighted by molar-refractivity contribution is 5.50. The quantitative estimate of drug-likeness (QED) is 0.707. The zero-order valence-electron chi connectivity index (χ0n) is 17.4. The molecule has 1 atom stereocenters. The van der Waals surface area contributed by atoms with Crippen molar-refractivity contribution in [3.63, 3.8) is 0 Å². The third-order valence-electron chi connectivity index (χ3n) is 6.78. The topological polar surface area (TPSA) is 44.3 Å². The van der Waals surface area contributed by atoms with Crippen LogP contribution < -0.4 is 10.9 Å². The fourth-order valence-corrected chi connectivity index (χ4v) is 4.93. The number of phenolic OH excluding ortho intramolecular Hbond substituents is 1. The molecule has 1 aromatic carbocycles. The van der Waals surface area contributed by atoms with E-state index in [1.165, 1.54) is 37.7 Å². The largest absolute Gasteiger partial charge is 0.507 e. The van der Waals surface area contributed by atoms with Crippen molar-refractivity contribution in [2.75, 3.05) is 0 Å². The van der Waals surface area contributed by atoms with E-state index >= 15 is 0 Å². The molecule has 1 heterocycles. The van der Waals surface area contributed by atoms with Crippen molar-refractivity contribution in [2.45, 2.75) is 96.1 Å². The second-order valence-corrected chi connectivity index (χ2v) is 11.1. The lowest BCUT2D eigenvalue weighted by Crippen LogP contribution is -2.47. The van der Waals surface area contributed by atoms with Crippen LogP contribution >= 0.6 is 0 Å². The molecule has 0 aromatic heterocycles. The van der Waals surface area contributed by atoms with E-state index in [9.17, 15) is 5.11 Å². The second-order valence-electron chi connectivity index (χ2n) is 11.1. The van der Waals surface area contributed by atoms with Gasteiger partial charge in [0.2, 0.25) is 0 Å². The van der Waals surface area contributed by atoms with Crippen molar-refractivity contribution in [3.8, 4) is 5.75 Å². The van der Waals surface area contributed by atoms with Gasteiger partial charge in [0.1, 0.15) is 5.75 Å². The molecule has 1 aromatic rings. The van der Waals surface area contributed by atoms with E-state index < -0.39 is 0 Å². The zero-order valence-corrected chi connectivity index (χ0v) is 17.4. The van der Waals surface area contributed by atoms with Crippen LogP contribution in [0.5, 0.6) is 5.75 Å². The van der Waals surface area contributed by atoms with Crippen LogP contribution in [0.1, 0.15) is 96.4 Å². The lowest BCUT2D eigenvalue weighted by atomic mass is 9.76. The van der Waals surface area contributed by atoms with E-state index in [4.69, 9.17) is 0 Å². The van der Waals surface area contributed by atoms with Gasteiger partial charge in [-0.1, -0.05) is 41.5 Å². The fourth-order valence-electron chi connectivity index (χ4n) is 4.93. The molecule has 3 heteroatoms. The number of rotatable bonds is 3. The van der Waals surface area contributed by atoms with Crippen molar-refractivity contribution in [3.05, 3.63) is 28.8 Å². The Morgan fingerprint density at radius 3 is 1.73 bits per heavy atom. The Labute approximate surface area is 158 Å². The molecule has 1 aliphatic heterocycles. The van der Waals surface area contributed by atoms with Crippen LogP contribution in [0, 0.1) is 11.8 Å². The van der Waals surface area contributed by atoms with Gasteiger partial charge in [-0.05, 0) is 83.6 Å². The predicted octanol–water partition coefficient (Wildman–Crippen LogP) is 5.09. The summed E-state index contributed by atoms with van der Waals surface area (Å²) in [7, 11) is 0. The Morgan fingerprint density at radius 1 is 0.885 bits per heavy atom. The first kappa shape index (κ1) is 18.3. The van der Waals surface area contributed by atoms with Gasteiger partial charge in [-0.25, -0.2) is 5.43 Å². The molecular weight excluding hydrogens is 320 g/mol. The minimum atomic E-state index is -0.0732. The molecule has 144 valence electrons. The molecule has 1 saturated heterocycles. The molecule has 0 bridgehead atoms. The first-order valence-corrected chi connectivity index (χ1v) is 10.4. The molecule has 2 saturated carbocycles. The molecule has 3 N–H and O–H groups in total. The van der Waals surface area contributed by atoms with E-state index in [1.807, 2.05) is 0 Å². The summed E-state index contributed by atoms with van der Waals surface area (Å²) in [4.78, 5) is 0. The van der Waals surface area contributed by atoms with Gasteiger partial charge in [-0.2, -0.15) is 0 Å². The SMILES string of the molecule is CC(C)(C)c1cc(C2CC(C3CC3)(C3CC3)NN2)cc(C(C)(C)C)c1O. The highest BCUT2D eigenvalue weighted by atomic mass is 16.3. The van der Waals surface area contributed by atoms with Gasteiger partial charge in [-0.15, -0.1) is 0 Å². The Kier molecular flexibility index (Phi) is 4.03. The standard InChI is InChI=1S/C23H36N2O/c1-21(2,3)17-11-14(12-18(20(17)26)22(4,5)6)19-13-23(25-24-19,15-7-8-15)16-9-10-16/h11-12,15-16,19,24-26H,7-10,13H2,1-6H3. The van der Waals surface area contributed by atoms with E-state index in [1.54, 1.807) is 0 Å². The van der Waals surface area contributed by atoms with Gasteiger partial charge in [0.25, 0.3) is 0 Å². The van der Waals surface area contributed by atoms with E-state index in [0.29, 0.717) is 17.3 Å². The van der Waals surface area contributed by atoms with E-state index in [0.717, 1.165) is 23.0 Å². The number of nitrogens with one attached hydrogen (secondary N) is 2.